The summed E-state index contributed by atoms with van der Waals surface area (Å²) in [5.74, 6) is -0.552. The molecular weight excluding hydrogens is 340 g/mol. The SMILES string of the molecule is CC(C)S(=O)(=O)c1c(Cl)ccc(NC(=O)NC2C=CCC2)c1O. The maximum absolute atomic E-state index is 12.3. The zero-order chi connectivity index (χ0) is 17.2. The van der Waals surface area contributed by atoms with Crippen molar-refractivity contribution in [3.05, 3.63) is 29.3 Å². The van der Waals surface area contributed by atoms with Crippen LogP contribution in [0.2, 0.25) is 5.02 Å². The van der Waals surface area contributed by atoms with Crippen molar-refractivity contribution in [2.45, 2.75) is 42.9 Å². The molecule has 1 aromatic rings. The Morgan fingerprint density at radius 1 is 1.39 bits per heavy atom. The smallest absolute Gasteiger partial charge is 0.319 e. The summed E-state index contributed by atoms with van der Waals surface area (Å²) >= 11 is 5.93. The molecule has 1 aliphatic carbocycles. The number of rotatable bonds is 4. The number of carbonyl (C=O) groups excluding carboxylic acids is 1. The molecule has 1 aliphatic rings. The Labute approximate surface area is 140 Å². The summed E-state index contributed by atoms with van der Waals surface area (Å²) in [5, 5.41) is 14.6. The van der Waals surface area contributed by atoms with E-state index in [1.807, 2.05) is 12.2 Å². The number of nitrogens with one attached hydrogen (secondary N) is 2. The van der Waals surface area contributed by atoms with Crippen LogP contribution in [0.5, 0.6) is 5.75 Å². The number of halogens is 1. The molecule has 2 amide bonds. The van der Waals surface area contributed by atoms with E-state index in [2.05, 4.69) is 10.6 Å². The normalized spacial score (nSPS) is 17.5. The van der Waals surface area contributed by atoms with Crippen molar-refractivity contribution < 1.29 is 18.3 Å². The summed E-state index contributed by atoms with van der Waals surface area (Å²) in [4.78, 5) is 11.6. The van der Waals surface area contributed by atoms with Crippen LogP contribution in [0.25, 0.3) is 0 Å². The fourth-order valence-corrected chi connectivity index (χ4v) is 3.90. The van der Waals surface area contributed by atoms with Gasteiger partial charge in [0.15, 0.2) is 15.6 Å². The van der Waals surface area contributed by atoms with Crippen LogP contribution >= 0.6 is 11.6 Å². The maximum atomic E-state index is 12.3. The predicted octanol–water partition coefficient (Wildman–Crippen LogP) is 3.07. The van der Waals surface area contributed by atoms with Gasteiger partial charge < -0.3 is 15.7 Å². The molecule has 0 heterocycles. The minimum atomic E-state index is -3.78. The van der Waals surface area contributed by atoms with Gasteiger partial charge >= 0.3 is 6.03 Å². The van der Waals surface area contributed by atoms with Gasteiger partial charge in [0.1, 0.15) is 4.90 Å². The lowest BCUT2D eigenvalue weighted by molar-refractivity contribution is 0.250. The molecule has 0 saturated carbocycles. The number of aromatic hydroxyl groups is 1. The summed E-state index contributed by atoms with van der Waals surface area (Å²) in [5.41, 5.74) is -0.00639. The number of urea groups is 1. The van der Waals surface area contributed by atoms with Gasteiger partial charge in [-0.05, 0) is 38.8 Å². The fourth-order valence-electron chi connectivity index (χ4n) is 2.23. The Kier molecular flexibility index (Phi) is 5.21. The topological polar surface area (TPSA) is 95.5 Å². The molecule has 6 nitrogen and oxygen atoms in total. The monoisotopic (exact) mass is 358 g/mol. The van der Waals surface area contributed by atoms with Crippen molar-refractivity contribution in [1.82, 2.24) is 5.32 Å². The van der Waals surface area contributed by atoms with Crippen LogP contribution < -0.4 is 10.6 Å². The van der Waals surface area contributed by atoms with Gasteiger partial charge in [-0.25, -0.2) is 13.2 Å². The summed E-state index contributed by atoms with van der Waals surface area (Å²) in [6.45, 7) is 2.98. The zero-order valence-corrected chi connectivity index (χ0v) is 14.4. The first-order valence-corrected chi connectivity index (χ1v) is 9.15. The van der Waals surface area contributed by atoms with E-state index >= 15 is 0 Å². The highest BCUT2D eigenvalue weighted by molar-refractivity contribution is 7.92. The van der Waals surface area contributed by atoms with E-state index in [-0.39, 0.29) is 21.6 Å². The van der Waals surface area contributed by atoms with Crippen molar-refractivity contribution in [2.75, 3.05) is 5.32 Å². The lowest BCUT2D eigenvalue weighted by Gasteiger charge is -2.16. The van der Waals surface area contributed by atoms with E-state index < -0.39 is 26.9 Å². The second-order valence-electron chi connectivity index (χ2n) is 5.58. The van der Waals surface area contributed by atoms with Crippen LogP contribution in [0.3, 0.4) is 0 Å². The highest BCUT2D eigenvalue weighted by atomic mass is 35.5. The quantitative estimate of drug-likeness (QED) is 0.569. The first-order valence-electron chi connectivity index (χ1n) is 7.23. The number of hydrogen-bond donors (Lipinski definition) is 3. The van der Waals surface area contributed by atoms with Crippen molar-refractivity contribution in [2.24, 2.45) is 0 Å². The summed E-state index contributed by atoms with van der Waals surface area (Å²) in [6, 6.07) is 2.11. The number of carbonyl (C=O) groups is 1. The molecule has 126 valence electrons. The van der Waals surface area contributed by atoms with Gasteiger partial charge in [-0.2, -0.15) is 0 Å². The van der Waals surface area contributed by atoms with Crippen LogP contribution in [0, 0.1) is 0 Å². The largest absolute Gasteiger partial charge is 0.504 e. The van der Waals surface area contributed by atoms with Crippen LogP contribution in [0.4, 0.5) is 10.5 Å². The predicted molar refractivity (Wildman–Crippen MR) is 89.8 cm³/mol. The lowest BCUT2D eigenvalue weighted by atomic mass is 10.2. The maximum Gasteiger partial charge on any atom is 0.319 e. The molecule has 1 unspecified atom stereocenters. The Morgan fingerprint density at radius 3 is 2.65 bits per heavy atom. The summed E-state index contributed by atoms with van der Waals surface area (Å²) in [7, 11) is -3.78. The van der Waals surface area contributed by atoms with Crippen molar-refractivity contribution in [3.8, 4) is 5.75 Å². The molecule has 1 atom stereocenters. The van der Waals surface area contributed by atoms with E-state index in [4.69, 9.17) is 11.6 Å². The highest BCUT2D eigenvalue weighted by Gasteiger charge is 2.28. The molecule has 0 radical (unpaired) electrons. The first-order chi connectivity index (χ1) is 10.7. The number of phenolic OH excluding ortho intramolecular Hbond substituents is 1. The molecule has 0 fully saturated rings. The molecule has 3 N–H and O–H groups in total. The number of sulfone groups is 1. The number of hydrogen-bond acceptors (Lipinski definition) is 4. The third kappa shape index (κ3) is 3.79. The van der Waals surface area contributed by atoms with Gasteiger partial charge in [-0.15, -0.1) is 0 Å². The number of phenols is 1. The van der Waals surface area contributed by atoms with Crippen molar-refractivity contribution in [1.29, 1.82) is 0 Å². The average Bonchev–Trinajstić information content (AvgIpc) is 2.94. The Hall–Kier alpha value is -1.73. The Balaban J connectivity index is 2.27. The second-order valence-corrected chi connectivity index (χ2v) is 8.43. The Morgan fingerprint density at radius 2 is 2.09 bits per heavy atom. The second kappa shape index (κ2) is 6.80. The average molecular weight is 359 g/mol. The molecular formula is C15H19ClN2O4S. The number of anilines is 1. The Bertz CT molecular complexity index is 744. The fraction of sp³-hybridized carbons (Fsp3) is 0.400. The third-order valence-electron chi connectivity index (χ3n) is 3.57. The van der Waals surface area contributed by atoms with Crippen LogP contribution in [-0.4, -0.2) is 30.8 Å². The van der Waals surface area contributed by atoms with Gasteiger partial charge in [0.2, 0.25) is 0 Å². The first kappa shape index (κ1) is 17.6. The minimum absolute atomic E-state index is 0.00639. The number of amides is 2. The standard InChI is InChI=1S/C15H19ClN2O4S/c1-9(2)23(21,22)14-11(16)7-8-12(13(14)19)18-15(20)17-10-5-3-4-6-10/h3,5,7-10,19H,4,6H2,1-2H3,(H2,17,18,20). The van der Waals surface area contributed by atoms with E-state index in [0.717, 1.165) is 12.8 Å². The van der Waals surface area contributed by atoms with E-state index in [9.17, 15) is 18.3 Å². The van der Waals surface area contributed by atoms with E-state index in [1.54, 1.807) is 0 Å². The summed E-state index contributed by atoms with van der Waals surface area (Å²) < 4.78 is 24.6. The van der Waals surface area contributed by atoms with Gasteiger partial charge in [0.05, 0.1) is 16.0 Å². The van der Waals surface area contributed by atoms with Gasteiger partial charge in [0.25, 0.3) is 0 Å². The van der Waals surface area contributed by atoms with Gasteiger partial charge in [-0.3, -0.25) is 0 Å². The van der Waals surface area contributed by atoms with Gasteiger partial charge in [-0.1, -0.05) is 23.8 Å². The molecule has 0 bridgehead atoms. The lowest BCUT2D eigenvalue weighted by Crippen LogP contribution is -2.35. The number of allylic oxidation sites excluding steroid dienone is 1. The number of benzene rings is 1. The summed E-state index contributed by atoms with van der Waals surface area (Å²) in [6.07, 6.45) is 5.56. The molecule has 0 aromatic heterocycles. The van der Waals surface area contributed by atoms with E-state index in [1.165, 1.54) is 26.0 Å². The molecule has 8 heteroatoms. The molecule has 0 spiro atoms. The van der Waals surface area contributed by atoms with Crippen LogP contribution in [-0.2, 0) is 9.84 Å². The molecule has 2 rings (SSSR count). The van der Waals surface area contributed by atoms with Crippen molar-refractivity contribution >= 4 is 33.2 Å². The molecule has 0 saturated heterocycles. The molecule has 23 heavy (non-hydrogen) atoms. The molecule has 0 aliphatic heterocycles. The zero-order valence-electron chi connectivity index (χ0n) is 12.8. The molecule has 1 aromatic carbocycles. The highest BCUT2D eigenvalue weighted by Crippen LogP contribution is 2.38. The van der Waals surface area contributed by atoms with Crippen LogP contribution in [0.1, 0.15) is 26.7 Å². The van der Waals surface area contributed by atoms with Crippen molar-refractivity contribution in [3.63, 3.8) is 0 Å². The van der Waals surface area contributed by atoms with Crippen LogP contribution in [0.15, 0.2) is 29.2 Å². The minimum Gasteiger partial charge on any atom is -0.504 e. The van der Waals surface area contributed by atoms with E-state index in [0.29, 0.717) is 0 Å². The van der Waals surface area contributed by atoms with Gasteiger partial charge in [0, 0.05) is 6.04 Å². The third-order valence-corrected chi connectivity index (χ3v) is 6.22.